The highest BCUT2D eigenvalue weighted by Crippen LogP contribution is 2.20. The third-order valence-electron chi connectivity index (χ3n) is 3.37. The molecule has 2 rings (SSSR count). The zero-order valence-electron chi connectivity index (χ0n) is 10.4. The van der Waals surface area contributed by atoms with Crippen LogP contribution in [0.15, 0.2) is 0 Å². The Morgan fingerprint density at radius 3 is 2.88 bits per heavy atom. The molecule has 0 aliphatic heterocycles. The van der Waals surface area contributed by atoms with E-state index >= 15 is 0 Å². The number of hydrogen-bond donors (Lipinski definition) is 1. The molecule has 4 nitrogen and oxygen atoms in total. The van der Waals surface area contributed by atoms with Crippen molar-refractivity contribution in [1.82, 2.24) is 14.8 Å². The lowest BCUT2D eigenvalue weighted by atomic mass is 9.98. The Balaban J connectivity index is 1.81. The van der Waals surface area contributed by atoms with E-state index in [-0.39, 0.29) is 0 Å². The molecule has 0 spiro atoms. The number of aromatic nitrogens is 3. The summed E-state index contributed by atoms with van der Waals surface area (Å²) in [4.78, 5) is 0. The van der Waals surface area contributed by atoms with Gasteiger partial charge in [0.2, 0.25) is 0 Å². The van der Waals surface area contributed by atoms with Crippen LogP contribution in [0.5, 0.6) is 0 Å². The second kappa shape index (κ2) is 6.31. The van der Waals surface area contributed by atoms with Gasteiger partial charge in [0, 0.05) is 6.42 Å². The highest BCUT2D eigenvalue weighted by Gasteiger charge is 2.13. The van der Waals surface area contributed by atoms with E-state index in [0.717, 1.165) is 25.4 Å². The number of nitrogens with zero attached hydrogens (tertiary/aromatic N) is 2. The van der Waals surface area contributed by atoms with Crippen LogP contribution in [0.2, 0.25) is 0 Å². The van der Waals surface area contributed by atoms with E-state index in [0.29, 0.717) is 10.9 Å². The van der Waals surface area contributed by atoms with Crippen LogP contribution >= 0.6 is 12.2 Å². The molecule has 1 fully saturated rings. The zero-order valence-corrected chi connectivity index (χ0v) is 11.3. The third kappa shape index (κ3) is 3.39. The number of ether oxygens (including phenoxy) is 1. The van der Waals surface area contributed by atoms with Crippen LogP contribution in [0.1, 0.15) is 44.9 Å². The number of hydrogen-bond acceptors (Lipinski definition) is 3. The molecule has 0 saturated heterocycles. The van der Waals surface area contributed by atoms with Gasteiger partial charge in [-0.2, -0.15) is 5.10 Å². The standard InChI is InChI=1S/C12H21N3OS/c1-2-11-13-14-12(17)15(11)8-9-16-10-6-4-3-5-7-10/h10H,2-9H2,1H3,(H,14,17). The lowest BCUT2D eigenvalue weighted by Gasteiger charge is -2.22. The Labute approximate surface area is 107 Å². The SMILES string of the molecule is CCc1n[nH]c(=S)n1CCOC1CCCCC1. The summed E-state index contributed by atoms with van der Waals surface area (Å²) >= 11 is 5.20. The molecule has 0 amide bonds. The minimum absolute atomic E-state index is 0.467. The highest BCUT2D eigenvalue weighted by molar-refractivity contribution is 7.71. The smallest absolute Gasteiger partial charge is 0.195 e. The average molecular weight is 255 g/mol. The van der Waals surface area contributed by atoms with Gasteiger partial charge in [-0.1, -0.05) is 26.2 Å². The van der Waals surface area contributed by atoms with Crippen LogP contribution in [-0.4, -0.2) is 27.5 Å². The van der Waals surface area contributed by atoms with Gasteiger partial charge in [-0.05, 0) is 25.1 Å². The molecule has 1 aliphatic rings. The van der Waals surface area contributed by atoms with Crippen molar-refractivity contribution < 1.29 is 4.74 Å². The Morgan fingerprint density at radius 1 is 1.41 bits per heavy atom. The molecule has 0 aromatic carbocycles. The maximum Gasteiger partial charge on any atom is 0.195 e. The molecular weight excluding hydrogens is 234 g/mol. The molecule has 5 heteroatoms. The number of aryl methyl sites for hydroxylation is 1. The summed E-state index contributed by atoms with van der Waals surface area (Å²) < 4.78 is 8.64. The molecule has 1 N–H and O–H groups in total. The first-order chi connectivity index (χ1) is 8.31. The van der Waals surface area contributed by atoms with E-state index in [1.165, 1.54) is 32.1 Å². The molecule has 0 unspecified atom stereocenters. The zero-order chi connectivity index (χ0) is 12.1. The Kier molecular flexibility index (Phi) is 4.74. The molecule has 17 heavy (non-hydrogen) atoms. The normalized spacial score (nSPS) is 17.5. The summed E-state index contributed by atoms with van der Waals surface area (Å²) in [5, 5.41) is 7.03. The van der Waals surface area contributed by atoms with Gasteiger partial charge in [0.15, 0.2) is 4.77 Å². The van der Waals surface area contributed by atoms with Gasteiger partial charge < -0.3 is 9.30 Å². The first kappa shape index (κ1) is 12.8. The summed E-state index contributed by atoms with van der Waals surface area (Å²) in [5.41, 5.74) is 0. The van der Waals surface area contributed by atoms with Crippen molar-refractivity contribution in [2.75, 3.05) is 6.61 Å². The van der Waals surface area contributed by atoms with Crippen LogP contribution < -0.4 is 0 Å². The van der Waals surface area contributed by atoms with Gasteiger partial charge in [-0.3, -0.25) is 5.10 Å². The van der Waals surface area contributed by atoms with E-state index in [4.69, 9.17) is 17.0 Å². The molecule has 0 atom stereocenters. The van der Waals surface area contributed by atoms with Crippen LogP contribution in [0, 0.1) is 4.77 Å². The number of aromatic amines is 1. The number of nitrogens with one attached hydrogen (secondary N) is 1. The second-order valence-corrected chi connectivity index (χ2v) is 4.97. The molecule has 1 aromatic heterocycles. The Bertz CT molecular complexity index is 393. The Morgan fingerprint density at radius 2 is 2.18 bits per heavy atom. The van der Waals surface area contributed by atoms with Gasteiger partial charge in [0.25, 0.3) is 0 Å². The quantitative estimate of drug-likeness (QED) is 0.823. The molecule has 1 heterocycles. The van der Waals surface area contributed by atoms with Crippen molar-refractivity contribution in [1.29, 1.82) is 0 Å². The maximum absolute atomic E-state index is 5.90. The number of rotatable bonds is 5. The van der Waals surface area contributed by atoms with Gasteiger partial charge >= 0.3 is 0 Å². The molecule has 0 radical (unpaired) electrons. The van der Waals surface area contributed by atoms with Crippen LogP contribution in [0.4, 0.5) is 0 Å². The minimum Gasteiger partial charge on any atom is -0.376 e. The van der Waals surface area contributed by atoms with Crippen LogP contribution in [0.25, 0.3) is 0 Å². The maximum atomic E-state index is 5.90. The molecule has 0 bridgehead atoms. The monoisotopic (exact) mass is 255 g/mol. The summed E-state index contributed by atoms with van der Waals surface area (Å²) in [6, 6.07) is 0. The van der Waals surface area contributed by atoms with E-state index in [9.17, 15) is 0 Å². The fourth-order valence-corrected chi connectivity index (χ4v) is 2.64. The minimum atomic E-state index is 0.467. The summed E-state index contributed by atoms with van der Waals surface area (Å²) in [6.07, 6.45) is 7.80. The fraction of sp³-hybridized carbons (Fsp3) is 0.833. The first-order valence-corrected chi connectivity index (χ1v) is 6.97. The molecule has 1 aliphatic carbocycles. The molecular formula is C12H21N3OS. The van der Waals surface area contributed by atoms with Crippen molar-refractivity contribution in [3.8, 4) is 0 Å². The summed E-state index contributed by atoms with van der Waals surface area (Å²) in [7, 11) is 0. The third-order valence-corrected chi connectivity index (χ3v) is 3.69. The predicted octanol–water partition coefficient (Wildman–Crippen LogP) is 2.85. The van der Waals surface area contributed by atoms with Gasteiger partial charge in [0.1, 0.15) is 5.82 Å². The van der Waals surface area contributed by atoms with Crippen molar-refractivity contribution in [3.63, 3.8) is 0 Å². The predicted molar refractivity (Wildman–Crippen MR) is 69.6 cm³/mol. The van der Waals surface area contributed by atoms with Crippen molar-refractivity contribution in [2.45, 2.75) is 58.1 Å². The van der Waals surface area contributed by atoms with Crippen LogP contribution in [0.3, 0.4) is 0 Å². The fourth-order valence-electron chi connectivity index (χ4n) is 2.39. The van der Waals surface area contributed by atoms with E-state index in [1.807, 2.05) is 4.57 Å². The average Bonchev–Trinajstić information content (AvgIpc) is 2.72. The second-order valence-electron chi connectivity index (χ2n) is 4.58. The topological polar surface area (TPSA) is 42.8 Å². The summed E-state index contributed by atoms with van der Waals surface area (Å²) in [6.45, 7) is 3.64. The van der Waals surface area contributed by atoms with Gasteiger partial charge in [0.05, 0.1) is 19.3 Å². The number of H-pyrrole nitrogens is 1. The van der Waals surface area contributed by atoms with E-state index < -0.39 is 0 Å². The van der Waals surface area contributed by atoms with E-state index in [2.05, 4.69) is 17.1 Å². The molecule has 96 valence electrons. The van der Waals surface area contributed by atoms with Gasteiger partial charge in [-0.25, -0.2) is 0 Å². The van der Waals surface area contributed by atoms with Crippen molar-refractivity contribution in [3.05, 3.63) is 10.6 Å². The van der Waals surface area contributed by atoms with E-state index in [1.54, 1.807) is 0 Å². The largest absolute Gasteiger partial charge is 0.376 e. The highest BCUT2D eigenvalue weighted by atomic mass is 32.1. The molecule has 1 saturated carbocycles. The lowest BCUT2D eigenvalue weighted by molar-refractivity contribution is 0.0237. The van der Waals surface area contributed by atoms with Crippen molar-refractivity contribution in [2.24, 2.45) is 0 Å². The lowest BCUT2D eigenvalue weighted by Crippen LogP contribution is -2.19. The van der Waals surface area contributed by atoms with Crippen LogP contribution in [-0.2, 0) is 17.7 Å². The summed E-state index contributed by atoms with van der Waals surface area (Å²) in [5.74, 6) is 1.02. The van der Waals surface area contributed by atoms with Gasteiger partial charge in [-0.15, -0.1) is 0 Å². The first-order valence-electron chi connectivity index (χ1n) is 6.57. The molecule has 1 aromatic rings. The van der Waals surface area contributed by atoms with Crippen molar-refractivity contribution >= 4 is 12.2 Å². The Hall–Kier alpha value is -0.680.